The van der Waals surface area contributed by atoms with Crippen LogP contribution in [0.5, 0.6) is 0 Å². The van der Waals surface area contributed by atoms with Gasteiger partial charge >= 0.3 is 0 Å². The Morgan fingerprint density at radius 2 is 1.81 bits per heavy atom. The summed E-state index contributed by atoms with van der Waals surface area (Å²) in [6.07, 6.45) is 0.744. The van der Waals surface area contributed by atoms with Crippen LogP contribution >= 0.6 is 11.3 Å². The molecule has 0 saturated carbocycles. The summed E-state index contributed by atoms with van der Waals surface area (Å²) in [7, 11) is 0. The van der Waals surface area contributed by atoms with E-state index in [-0.39, 0.29) is 29.2 Å². The van der Waals surface area contributed by atoms with Gasteiger partial charge in [0.15, 0.2) is 0 Å². The number of nitrogens with zero attached hydrogens (tertiary/aromatic N) is 3. The maximum atomic E-state index is 12.6. The number of aromatic nitrogens is 2. The van der Waals surface area contributed by atoms with Crippen molar-refractivity contribution in [3.8, 4) is 0 Å². The summed E-state index contributed by atoms with van der Waals surface area (Å²) in [5, 5.41) is 11.9. The lowest BCUT2D eigenvalue weighted by atomic mass is 10.1. The van der Waals surface area contributed by atoms with E-state index >= 15 is 0 Å². The zero-order valence-corrected chi connectivity index (χ0v) is 16.6. The van der Waals surface area contributed by atoms with E-state index in [1.807, 2.05) is 27.7 Å². The standard InChI is InChI=1S/C19H22N4O3S/c1-10(2)7-8-23-17(25)13-6-5-12(9-14(13)18(23)26)15(24)20-19-22-21-16(27-19)11(3)4/h5-6,9-11H,7-8H2,1-4H3,(H,20,22,24). The van der Waals surface area contributed by atoms with Crippen LogP contribution in [0.25, 0.3) is 0 Å². The Kier molecular flexibility index (Phi) is 5.36. The van der Waals surface area contributed by atoms with E-state index in [1.54, 1.807) is 12.1 Å². The normalized spacial score (nSPS) is 13.6. The Balaban J connectivity index is 1.77. The fraction of sp³-hybridized carbons (Fsp3) is 0.421. The Morgan fingerprint density at radius 3 is 2.44 bits per heavy atom. The second kappa shape index (κ2) is 7.56. The molecule has 1 aliphatic heterocycles. The van der Waals surface area contributed by atoms with E-state index in [2.05, 4.69) is 15.5 Å². The molecule has 2 aromatic rings. The maximum absolute atomic E-state index is 12.6. The average Bonchev–Trinajstić information content (AvgIpc) is 3.17. The van der Waals surface area contributed by atoms with Crippen LogP contribution in [0.4, 0.5) is 5.13 Å². The zero-order valence-electron chi connectivity index (χ0n) is 15.8. The summed E-state index contributed by atoms with van der Waals surface area (Å²) >= 11 is 1.32. The minimum absolute atomic E-state index is 0.230. The van der Waals surface area contributed by atoms with Crippen LogP contribution in [0, 0.1) is 5.92 Å². The van der Waals surface area contributed by atoms with Crippen LogP contribution in [0.2, 0.25) is 0 Å². The first-order valence-corrected chi connectivity index (χ1v) is 9.74. The predicted molar refractivity (Wildman–Crippen MR) is 103 cm³/mol. The summed E-state index contributed by atoms with van der Waals surface area (Å²) < 4.78 is 0. The molecule has 1 N–H and O–H groups in total. The van der Waals surface area contributed by atoms with Crippen molar-refractivity contribution in [1.29, 1.82) is 0 Å². The van der Waals surface area contributed by atoms with Crippen LogP contribution in [-0.2, 0) is 0 Å². The smallest absolute Gasteiger partial charge is 0.261 e. The van der Waals surface area contributed by atoms with Crippen molar-refractivity contribution in [3.05, 3.63) is 39.9 Å². The number of hydrogen-bond donors (Lipinski definition) is 1. The van der Waals surface area contributed by atoms with Gasteiger partial charge in [0.25, 0.3) is 17.7 Å². The van der Waals surface area contributed by atoms with E-state index in [0.717, 1.165) is 11.4 Å². The number of carbonyl (C=O) groups excluding carboxylic acids is 3. The Hall–Kier alpha value is -2.61. The SMILES string of the molecule is CC(C)CCN1C(=O)c2ccc(C(=O)Nc3nnc(C(C)C)s3)cc2C1=O. The molecule has 0 unspecified atom stereocenters. The number of anilines is 1. The van der Waals surface area contributed by atoms with Crippen molar-refractivity contribution >= 4 is 34.2 Å². The predicted octanol–water partition coefficient (Wildman–Crippen LogP) is 3.56. The minimum atomic E-state index is -0.384. The summed E-state index contributed by atoms with van der Waals surface area (Å²) in [6.45, 7) is 8.46. The van der Waals surface area contributed by atoms with E-state index in [4.69, 9.17) is 0 Å². The summed E-state index contributed by atoms with van der Waals surface area (Å²) in [5.41, 5.74) is 0.928. The molecule has 1 aromatic heterocycles. The summed E-state index contributed by atoms with van der Waals surface area (Å²) in [4.78, 5) is 38.8. The first kappa shape index (κ1) is 19.2. The van der Waals surface area contributed by atoms with Crippen molar-refractivity contribution in [3.63, 3.8) is 0 Å². The molecule has 3 rings (SSSR count). The second-order valence-electron chi connectivity index (χ2n) is 7.26. The summed E-state index contributed by atoms with van der Waals surface area (Å²) in [5.74, 6) is -0.409. The molecule has 3 amide bonds. The van der Waals surface area contributed by atoms with Crippen LogP contribution in [0.1, 0.15) is 76.1 Å². The lowest BCUT2D eigenvalue weighted by molar-refractivity contribution is 0.0647. The molecule has 0 fully saturated rings. The molecular weight excluding hydrogens is 364 g/mol. The highest BCUT2D eigenvalue weighted by molar-refractivity contribution is 7.15. The molecule has 1 aromatic carbocycles. The number of amides is 3. The number of fused-ring (bicyclic) bond motifs is 1. The Labute approximate surface area is 161 Å². The van der Waals surface area contributed by atoms with Gasteiger partial charge in [-0.1, -0.05) is 39.0 Å². The van der Waals surface area contributed by atoms with Crippen molar-refractivity contribution in [2.24, 2.45) is 5.92 Å². The topological polar surface area (TPSA) is 92.3 Å². The van der Waals surface area contributed by atoms with E-state index < -0.39 is 0 Å². The number of benzene rings is 1. The highest BCUT2D eigenvalue weighted by Crippen LogP contribution is 2.26. The van der Waals surface area contributed by atoms with Crippen LogP contribution in [0.15, 0.2) is 18.2 Å². The van der Waals surface area contributed by atoms with Crippen LogP contribution < -0.4 is 5.32 Å². The van der Waals surface area contributed by atoms with Crippen LogP contribution in [-0.4, -0.2) is 39.4 Å². The summed E-state index contributed by atoms with van der Waals surface area (Å²) in [6, 6.07) is 4.57. The first-order chi connectivity index (χ1) is 12.8. The molecule has 0 saturated heterocycles. The number of rotatable bonds is 6. The van der Waals surface area contributed by atoms with Gasteiger partial charge in [-0.25, -0.2) is 0 Å². The van der Waals surface area contributed by atoms with Gasteiger partial charge in [0, 0.05) is 18.0 Å². The number of nitrogens with one attached hydrogen (secondary N) is 1. The average molecular weight is 386 g/mol. The number of hydrogen-bond acceptors (Lipinski definition) is 6. The fourth-order valence-corrected chi connectivity index (χ4v) is 3.45. The third kappa shape index (κ3) is 3.90. The molecule has 0 aliphatic carbocycles. The molecular formula is C19H22N4O3S. The third-order valence-corrected chi connectivity index (χ3v) is 5.46. The molecule has 0 spiro atoms. The van der Waals surface area contributed by atoms with E-state index in [0.29, 0.717) is 28.7 Å². The lowest BCUT2D eigenvalue weighted by Gasteiger charge is -2.14. The highest BCUT2D eigenvalue weighted by atomic mass is 32.1. The quantitative estimate of drug-likeness (QED) is 0.767. The fourth-order valence-electron chi connectivity index (χ4n) is 2.71. The Morgan fingerprint density at radius 1 is 1.11 bits per heavy atom. The lowest BCUT2D eigenvalue weighted by Crippen LogP contribution is -2.31. The van der Waals surface area contributed by atoms with Crippen molar-refractivity contribution < 1.29 is 14.4 Å². The van der Waals surface area contributed by atoms with Gasteiger partial charge in [0.05, 0.1) is 11.1 Å². The van der Waals surface area contributed by atoms with Crippen LogP contribution in [0.3, 0.4) is 0 Å². The third-order valence-electron chi connectivity index (χ3n) is 4.32. The molecule has 1 aliphatic rings. The van der Waals surface area contributed by atoms with Crippen molar-refractivity contribution in [2.75, 3.05) is 11.9 Å². The molecule has 2 heterocycles. The van der Waals surface area contributed by atoms with Crippen molar-refractivity contribution in [1.82, 2.24) is 15.1 Å². The Bertz CT molecular complexity index is 904. The minimum Gasteiger partial charge on any atom is -0.296 e. The monoisotopic (exact) mass is 386 g/mol. The van der Waals surface area contributed by atoms with Gasteiger partial charge in [-0.15, -0.1) is 10.2 Å². The van der Waals surface area contributed by atoms with Gasteiger partial charge in [-0.05, 0) is 30.5 Å². The van der Waals surface area contributed by atoms with E-state index in [1.165, 1.54) is 22.3 Å². The van der Waals surface area contributed by atoms with Gasteiger partial charge in [-0.2, -0.15) is 0 Å². The van der Waals surface area contributed by atoms with Gasteiger partial charge in [0.2, 0.25) is 5.13 Å². The van der Waals surface area contributed by atoms with Crippen molar-refractivity contribution in [2.45, 2.75) is 40.0 Å². The zero-order chi connectivity index (χ0) is 19.7. The molecule has 7 nitrogen and oxygen atoms in total. The highest BCUT2D eigenvalue weighted by Gasteiger charge is 2.35. The number of imide groups is 1. The molecule has 27 heavy (non-hydrogen) atoms. The molecule has 8 heteroatoms. The number of carbonyl (C=O) groups is 3. The maximum Gasteiger partial charge on any atom is 0.261 e. The van der Waals surface area contributed by atoms with Gasteiger partial charge in [0.1, 0.15) is 5.01 Å². The second-order valence-corrected chi connectivity index (χ2v) is 8.27. The molecule has 142 valence electrons. The first-order valence-electron chi connectivity index (χ1n) is 8.93. The van der Waals surface area contributed by atoms with Gasteiger partial charge in [-0.3, -0.25) is 24.6 Å². The van der Waals surface area contributed by atoms with Gasteiger partial charge < -0.3 is 0 Å². The molecule has 0 radical (unpaired) electrons. The molecule has 0 bridgehead atoms. The van der Waals surface area contributed by atoms with E-state index in [9.17, 15) is 14.4 Å². The molecule has 0 atom stereocenters. The largest absolute Gasteiger partial charge is 0.296 e.